The lowest BCUT2D eigenvalue weighted by Crippen LogP contribution is -2.50. The summed E-state index contributed by atoms with van der Waals surface area (Å²) in [6, 6.07) is 6.14. The first-order chi connectivity index (χ1) is 11.0. The van der Waals surface area contributed by atoms with Crippen LogP contribution in [0.2, 0.25) is 10.0 Å². The van der Waals surface area contributed by atoms with Gasteiger partial charge in [-0.05, 0) is 42.9 Å². The Bertz CT molecular complexity index is 608. The second-order valence-corrected chi connectivity index (χ2v) is 7.17. The van der Waals surface area contributed by atoms with E-state index < -0.39 is 0 Å². The first kappa shape index (κ1) is 17.0. The van der Waals surface area contributed by atoms with E-state index in [2.05, 4.69) is 17.4 Å². The second kappa shape index (κ2) is 6.98. The molecule has 2 heterocycles. The summed E-state index contributed by atoms with van der Waals surface area (Å²) in [5.41, 5.74) is 2.12. The molecule has 2 bridgehead atoms. The molecule has 5 atom stereocenters. The molecule has 6 heteroatoms. The van der Waals surface area contributed by atoms with Crippen molar-refractivity contribution in [2.45, 2.75) is 50.3 Å². The summed E-state index contributed by atoms with van der Waals surface area (Å²) in [7, 11) is 1.56. The topological polar surface area (TPSA) is 53.8 Å². The van der Waals surface area contributed by atoms with Gasteiger partial charge in [0, 0.05) is 18.0 Å². The van der Waals surface area contributed by atoms with E-state index in [4.69, 9.17) is 28.0 Å². The average molecular weight is 357 g/mol. The number of hydrogen-bond acceptors (Lipinski definition) is 4. The van der Waals surface area contributed by atoms with E-state index in [1.807, 2.05) is 18.2 Å². The van der Waals surface area contributed by atoms with E-state index in [1.54, 1.807) is 7.11 Å². The number of halogens is 2. The molecule has 2 aliphatic rings. The molecular formula is C17H22Cl2N2O2. The first-order valence-electron chi connectivity index (χ1n) is 8.04. The van der Waals surface area contributed by atoms with Gasteiger partial charge >= 0.3 is 0 Å². The summed E-state index contributed by atoms with van der Waals surface area (Å²) in [5, 5.41) is 19.3. The van der Waals surface area contributed by atoms with E-state index >= 15 is 0 Å². The van der Waals surface area contributed by atoms with Crippen molar-refractivity contribution in [2.24, 2.45) is 11.1 Å². The standard InChI is InChI=1S/C17H22Cl2N2O2/c1-3-14(21-23-2)16-11(7-10-8-15(22)17(16)20-10)9-4-5-12(18)13(19)6-9/h4-6,10-11,15-17,20,22H,3,7-8H2,1-2H3/t10?,11-,15?,16+,17+/m0/s1. The first-order valence-corrected chi connectivity index (χ1v) is 8.79. The van der Waals surface area contributed by atoms with Crippen molar-refractivity contribution in [3.05, 3.63) is 33.8 Å². The van der Waals surface area contributed by atoms with Crippen molar-refractivity contribution in [1.82, 2.24) is 5.32 Å². The van der Waals surface area contributed by atoms with Gasteiger partial charge in [-0.1, -0.05) is 41.3 Å². The smallest absolute Gasteiger partial charge is 0.106 e. The Morgan fingerprint density at radius 1 is 1.35 bits per heavy atom. The summed E-state index contributed by atoms with van der Waals surface area (Å²) in [6.45, 7) is 2.07. The number of aliphatic hydroxyl groups excluding tert-OH is 1. The van der Waals surface area contributed by atoms with E-state index in [1.165, 1.54) is 0 Å². The van der Waals surface area contributed by atoms with Gasteiger partial charge in [-0.15, -0.1) is 0 Å². The van der Waals surface area contributed by atoms with Crippen LogP contribution in [0.5, 0.6) is 0 Å². The molecule has 2 unspecified atom stereocenters. The lowest BCUT2D eigenvalue weighted by Gasteiger charge is -2.39. The van der Waals surface area contributed by atoms with Crippen LogP contribution in [0.4, 0.5) is 0 Å². The molecule has 0 spiro atoms. The van der Waals surface area contributed by atoms with Crippen LogP contribution in [0.25, 0.3) is 0 Å². The summed E-state index contributed by atoms with van der Waals surface area (Å²) < 4.78 is 0. The van der Waals surface area contributed by atoms with Crippen LogP contribution < -0.4 is 5.32 Å². The van der Waals surface area contributed by atoms with Crippen LogP contribution in [0.1, 0.15) is 37.7 Å². The van der Waals surface area contributed by atoms with E-state index in [9.17, 15) is 5.11 Å². The van der Waals surface area contributed by atoms with Gasteiger partial charge in [0.25, 0.3) is 0 Å². The van der Waals surface area contributed by atoms with Gasteiger partial charge in [-0.3, -0.25) is 0 Å². The van der Waals surface area contributed by atoms with Gasteiger partial charge in [0.15, 0.2) is 0 Å². The molecule has 0 aromatic heterocycles. The van der Waals surface area contributed by atoms with Gasteiger partial charge in [0.1, 0.15) is 7.11 Å². The van der Waals surface area contributed by atoms with Crippen molar-refractivity contribution >= 4 is 28.9 Å². The minimum atomic E-state index is -0.355. The normalized spacial score (nSPS) is 33.8. The predicted molar refractivity (Wildman–Crippen MR) is 93.4 cm³/mol. The molecule has 0 aliphatic carbocycles. The third-order valence-electron chi connectivity index (χ3n) is 5.05. The highest BCUT2D eigenvalue weighted by molar-refractivity contribution is 6.42. The van der Waals surface area contributed by atoms with Gasteiger partial charge in [0.05, 0.1) is 21.9 Å². The van der Waals surface area contributed by atoms with Crippen LogP contribution in [-0.2, 0) is 4.84 Å². The maximum atomic E-state index is 10.4. The molecule has 0 amide bonds. The Morgan fingerprint density at radius 2 is 2.13 bits per heavy atom. The van der Waals surface area contributed by atoms with Gasteiger partial charge in [0.2, 0.25) is 0 Å². The van der Waals surface area contributed by atoms with Crippen LogP contribution in [0, 0.1) is 5.92 Å². The fraction of sp³-hybridized carbons (Fsp3) is 0.588. The Morgan fingerprint density at radius 3 is 2.78 bits per heavy atom. The number of nitrogens with zero attached hydrogens (tertiary/aromatic N) is 1. The summed E-state index contributed by atoms with van der Waals surface area (Å²) in [4.78, 5) is 5.05. The number of benzene rings is 1. The quantitative estimate of drug-likeness (QED) is 0.640. The van der Waals surface area contributed by atoms with Crippen molar-refractivity contribution < 1.29 is 9.94 Å². The molecule has 1 aromatic rings. The largest absolute Gasteiger partial charge is 0.399 e. The van der Waals surface area contributed by atoms with Gasteiger partial charge in [-0.25, -0.2) is 0 Å². The maximum absolute atomic E-state index is 10.4. The van der Waals surface area contributed by atoms with Crippen molar-refractivity contribution in [2.75, 3.05) is 7.11 Å². The second-order valence-electron chi connectivity index (χ2n) is 6.35. The Balaban J connectivity index is 2.01. The van der Waals surface area contributed by atoms with E-state index in [0.717, 1.165) is 30.5 Å². The Kier molecular flexibility index (Phi) is 5.16. The highest BCUT2D eigenvalue weighted by atomic mass is 35.5. The average Bonchev–Trinajstić information content (AvgIpc) is 2.83. The highest BCUT2D eigenvalue weighted by Crippen LogP contribution is 2.44. The van der Waals surface area contributed by atoms with E-state index in [-0.39, 0.29) is 24.0 Å². The number of fused-ring (bicyclic) bond motifs is 2. The number of nitrogens with one attached hydrogen (secondary N) is 1. The number of rotatable bonds is 4. The molecule has 23 heavy (non-hydrogen) atoms. The van der Waals surface area contributed by atoms with Crippen LogP contribution in [0.3, 0.4) is 0 Å². The SMILES string of the molecule is CCC(=NOC)[C@@H]1[C@@H]2NC(CC2O)C[C@H]1c1ccc(Cl)c(Cl)c1. The molecule has 2 saturated heterocycles. The fourth-order valence-electron chi connectivity index (χ4n) is 4.10. The fourth-order valence-corrected chi connectivity index (χ4v) is 4.41. The van der Waals surface area contributed by atoms with Crippen LogP contribution in [-0.4, -0.2) is 36.1 Å². The third-order valence-corrected chi connectivity index (χ3v) is 5.79. The van der Waals surface area contributed by atoms with Gasteiger partial charge in [-0.2, -0.15) is 0 Å². The molecule has 1 aromatic carbocycles. The zero-order chi connectivity index (χ0) is 16.6. The molecule has 2 fully saturated rings. The number of piperidine rings is 1. The molecular weight excluding hydrogens is 335 g/mol. The number of oxime groups is 1. The minimum absolute atomic E-state index is 0.00190. The molecule has 0 radical (unpaired) electrons. The maximum Gasteiger partial charge on any atom is 0.106 e. The summed E-state index contributed by atoms with van der Waals surface area (Å²) in [6.07, 6.45) is 2.15. The van der Waals surface area contributed by atoms with Crippen molar-refractivity contribution in [3.63, 3.8) is 0 Å². The zero-order valence-corrected chi connectivity index (χ0v) is 14.8. The molecule has 126 valence electrons. The van der Waals surface area contributed by atoms with Crippen molar-refractivity contribution in [1.29, 1.82) is 0 Å². The monoisotopic (exact) mass is 356 g/mol. The zero-order valence-electron chi connectivity index (χ0n) is 13.3. The highest BCUT2D eigenvalue weighted by Gasteiger charge is 2.48. The molecule has 4 nitrogen and oxygen atoms in total. The molecule has 3 rings (SSSR count). The van der Waals surface area contributed by atoms with Crippen molar-refractivity contribution in [3.8, 4) is 0 Å². The molecule has 0 saturated carbocycles. The Hall–Kier alpha value is -0.810. The van der Waals surface area contributed by atoms with Gasteiger partial charge < -0.3 is 15.3 Å². The predicted octanol–water partition coefficient (Wildman–Crippen LogP) is 3.60. The lowest BCUT2D eigenvalue weighted by molar-refractivity contribution is 0.136. The number of hydrogen-bond donors (Lipinski definition) is 2. The Labute approximate surface area is 146 Å². The minimum Gasteiger partial charge on any atom is -0.399 e. The molecule has 2 N–H and O–H groups in total. The molecule has 2 aliphatic heterocycles. The summed E-state index contributed by atoms with van der Waals surface area (Å²) >= 11 is 12.3. The van der Waals surface area contributed by atoms with E-state index in [0.29, 0.717) is 16.1 Å². The van der Waals surface area contributed by atoms with Crippen LogP contribution in [0.15, 0.2) is 23.4 Å². The number of aliphatic hydroxyl groups is 1. The summed E-state index contributed by atoms with van der Waals surface area (Å²) in [5.74, 6) is 0.331. The lowest BCUT2D eigenvalue weighted by atomic mass is 9.73. The van der Waals surface area contributed by atoms with Crippen LogP contribution >= 0.6 is 23.2 Å². The third kappa shape index (κ3) is 3.22.